The lowest BCUT2D eigenvalue weighted by Gasteiger charge is -2.27. The summed E-state index contributed by atoms with van der Waals surface area (Å²) in [6.45, 7) is 5.20. The average Bonchev–Trinajstić information content (AvgIpc) is 3.08. The van der Waals surface area contributed by atoms with Crippen molar-refractivity contribution in [2.24, 2.45) is 0 Å². The average molecular weight is 256 g/mol. The lowest BCUT2D eigenvalue weighted by molar-refractivity contribution is 0.234. The summed E-state index contributed by atoms with van der Waals surface area (Å²) < 4.78 is 11.2. The van der Waals surface area contributed by atoms with E-state index in [1.807, 2.05) is 12.1 Å². The van der Waals surface area contributed by atoms with Crippen molar-refractivity contribution in [2.45, 2.75) is 6.54 Å². The Morgan fingerprint density at radius 3 is 2.84 bits per heavy atom. The van der Waals surface area contributed by atoms with Crippen LogP contribution in [0.5, 0.6) is 0 Å². The Bertz CT molecular complexity index is 658. The highest BCUT2D eigenvalue weighted by Gasteiger charge is 2.17. The van der Waals surface area contributed by atoms with Gasteiger partial charge in [-0.1, -0.05) is 0 Å². The molecule has 1 saturated heterocycles. The summed E-state index contributed by atoms with van der Waals surface area (Å²) in [6, 6.07) is 6.09. The van der Waals surface area contributed by atoms with Crippen LogP contribution in [-0.4, -0.2) is 31.1 Å². The molecule has 0 unspecified atom stereocenters. The SMILES string of the molecule is c1cc2c(CN3CCNCC3)c3occc3cc2o1. The van der Waals surface area contributed by atoms with Crippen molar-refractivity contribution in [2.75, 3.05) is 26.2 Å². The smallest absolute Gasteiger partial charge is 0.139 e. The third-order valence-electron chi connectivity index (χ3n) is 3.87. The molecule has 3 heterocycles. The van der Waals surface area contributed by atoms with Gasteiger partial charge in [-0.25, -0.2) is 0 Å². The Kier molecular flexibility index (Phi) is 2.57. The fourth-order valence-corrected chi connectivity index (χ4v) is 2.87. The number of hydrogen-bond donors (Lipinski definition) is 1. The number of piperazine rings is 1. The van der Waals surface area contributed by atoms with Crippen LogP contribution < -0.4 is 5.32 Å². The Morgan fingerprint density at radius 2 is 1.95 bits per heavy atom. The summed E-state index contributed by atoms with van der Waals surface area (Å²) in [5, 5.41) is 5.67. The predicted octanol–water partition coefficient (Wildman–Crippen LogP) is 2.58. The molecular weight excluding hydrogens is 240 g/mol. The Labute approximate surface area is 111 Å². The number of rotatable bonds is 2. The lowest BCUT2D eigenvalue weighted by Crippen LogP contribution is -2.42. The number of furan rings is 2. The van der Waals surface area contributed by atoms with Crippen molar-refractivity contribution in [3.63, 3.8) is 0 Å². The highest BCUT2D eigenvalue weighted by Crippen LogP contribution is 2.31. The van der Waals surface area contributed by atoms with Gasteiger partial charge >= 0.3 is 0 Å². The van der Waals surface area contributed by atoms with Crippen LogP contribution in [0.1, 0.15) is 5.56 Å². The number of benzene rings is 1. The second-order valence-corrected chi connectivity index (χ2v) is 5.05. The van der Waals surface area contributed by atoms with E-state index >= 15 is 0 Å². The molecule has 2 aromatic heterocycles. The van der Waals surface area contributed by atoms with Crippen LogP contribution >= 0.6 is 0 Å². The van der Waals surface area contributed by atoms with Gasteiger partial charge in [-0.15, -0.1) is 0 Å². The number of fused-ring (bicyclic) bond motifs is 2. The Hall–Kier alpha value is -1.78. The van der Waals surface area contributed by atoms with Crippen molar-refractivity contribution in [3.8, 4) is 0 Å². The largest absolute Gasteiger partial charge is 0.464 e. The molecule has 1 fully saturated rings. The second kappa shape index (κ2) is 4.40. The Balaban J connectivity index is 1.83. The zero-order chi connectivity index (χ0) is 12.7. The predicted molar refractivity (Wildman–Crippen MR) is 74.1 cm³/mol. The maximum Gasteiger partial charge on any atom is 0.139 e. The van der Waals surface area contributed by atoms with Crippen LogP contribution in [0.3, 0.4) is 0 Å². The molecule has 0 atom stereocenters. The monoisotopic (exact) mass is 256 g/mol. The molecule has 19 heavy (non-hydrogen) atoms. The summed E-state index contributed by atoms with van der Waals surface area (Å²) in [7, 11) is 0. The van der Waals surface area contributed by atoms with Crippen molar-refractivity contribution < 1.29 is 8.83 Å². The van der Waals surface area contributed by atoms with Crippen molar-refractivity contribution >= 4 is 21.9 Å². The van der Waals surface area contributed by atoms with E-state index in [4.69, 9.17) is 8.83 Å². The van der Waals surface area contributed by atoms with Crippen LogP contribution in [0.25, 0.3) is 21.9 Å². The van der Waals surface area contributed by atoms with Gasteiger partial charge in [0.15, 0.2) is 0 Å². The lowest BCUT2D eigenvalue weighted by atomic mass is 10.1. The minimum absolute atomic E-state index is 0.919. The molecule has 0 radical (unpaired) electrons. The molecule has 0 bridgehead atoms. The van der Waals surface area contributed by atoms with Crippen LogP contribution in [-0.2, 0) is 6.54 Å². The summed E-state index contributed by atoms with van der Waals surface area (Å²) in [5.74, 6) is 0. The van der Waals surface area contributed by atoms with Crippen LogP contribution in [0, 0.1) is 0 Å². The van der Waals surface area contributed by atoms with Gasteiger partial charge in [0.25, 0.3) is 0 Å². The number of nitrogens with zero attached hydrogens (tertiary/aromatic N) is 1. The molecule has 0 spiro atoms. The van der Waals surface area contributed by atoms with E-state index in [0.29, 0.717) is 0 Å². The van der Waals surface area contributed by atoms with E-state index in [0.717, 1.165) is 49.3 Å². The molecule has 3 aromatic rings. The van der Waals surface area contributed by atoms with E-state index in [1.54, 1.807) is 12.5 Å². The fraction of sp³-hybridized carbons (Fsp3) is 0.333. The first-order chi connectivity index (χ1) is 9.42. The molecule has 1 aromatic carbocycles. The van der Waals surface area contributed by atoms with E-state index in [-0.39, 0.29) is 0 Å². The standard InChI is InChI=1S/C15H16N2O2/c1-7-19-15-11(1)9-14-12(2-8-18-14)13(15)10-17-5-3-16-4-6-17/h1-2,7-9,16H,3-6,10H2. The third kappa shape index (κ3) is 1.84. The first-order valence-electron chi connectivity index (χ1n) is 6.71. The van der Waals surface area contributed by atoms with E-state index in [9.17, 15) is 0 Å². The zero-order valence-corrected chi connectivity index (χ0v) is 10.7. The summed E-state index contributed by atoms with van der Waals surface area (Å²) >= 11 is 0. The Morgan fingerprint density at radius 1 is 1.11 bits per heavy atom. The van der Waals surface area contributed by atoms with Crippen LogP contribution in [0.2, 0.25) is 0 Å². The molecular formula is C15H16N2O2. The molecule has 1 N–H and O–H groups in total. The maximum absolute atomic E-state index is 5.68. The van der Waals surface area contributed by atoms with E-state index < -0.39 is 0 Å². The van der Waals surface area contributed by atoms with E-state index in [1.165, 1.54) is 10.9 Å². The zero-order valence-electron chi connectivity index (χ0n) is 10.7. The minimum atomic E-state index is 0.919. The van der Waals surface area contributed by atoms with Crippen LogP contribution in [0.4, 0.5) is 0 Å². The van der Waals surface area contributed by atoms with Crippen molar-refractivity contribution in [1.29, 1.82) is 0 Å². The van der Waals surface area contributed by atoms with Crippen molar-refractivity contribution in [1.82, 2.24) is 10.2 Å². The van der Waals surface area contributed by atoms with E-state index in [2.05, 4.69) is 16.3 Å². The maximum atomic E-state index is 5.68. The summed E-state index contributed by atoms with van der Waals surface area (Å²) in [6.07, 6.45) is 3.51. The number of nitrogens with one attached hydrogen (secondary N) is 1. The molecule has 4 heteroatoms. The van der Waals surface area contributed by atoms with Gasteiger partial charge in [-0.05, 0) is 18.2 Å². The molecule has 0 aliphatic carbocycles. The molecule has 0 saturated carbocycles. The molecule has 98 valence electrons. The van der Waals surface area contributed by atoms with Gasteiger partial charge in [-0.2, -0.15) is 0 Å². The summed E-state index contributed by atoms with van der Waals surface area (Å²) in [5.41, 5.74) is 3.18. The highest BCUT2D eigenvalue weighted by atomic mass is 16.3. The van der Waals surface area contributed by atoms with Gasteiger partial charge < -0.3 is 14.2 Å². The van der Waals surface area contributed by atoms with Gasteiger partial charge in [0.05, 0.1) is 12.5 Å². The topological polar surface area (TPSA) is 41.5 Å². The fourth-order valence-electron chi connectivity index (χ4n) is 2.87. The first kappa shape index (κ1) is 11.1. The molecule has 4 nitrogen and oxygen atoms in total. The second-order valence-electron chi connectivity index (χ2n) is 5.05. The normalized spacial score (nSPS) is 17.5. The van der Waals surface area contributed by atoms with Crippen molar-refractivity contribution in [3.05, 3.63) is 36.3 Å². The highest BCUT2D eigenvalue weighted by molar-refractivity contribution is 5.97. The van der Waals surface area contributed by atoms with Gasteiger partial charge in [0.1, 0.15) is 11.2 Å². The minimum Gasteiger partial charge on any atom is -0.464 e. The third-order valence-corrected chi connectivity index (χ3v) is 3.87. The van der Waals surface area contributed by atoms with Crippen LogP contribution in [0.15, 0.2) is 39.6 Å². The summed E-state index contributed by atoms with van der Waals surface area (Å²) in [4.78, 5) is 2.46. The van der Waals surface area contributed by atoms with Gasteiger partial charge in [0.2, 0.25) is 0 Å². The van der Waals surface area contributed by atoms with Gasteiger partial charge in [0, 0.05) is 49.1 Å². The quantitative estimate of drug-likeness (QED) is 0.765. The molecule has 4 rings (SSSR count). The first-order valence-corrected chi connectivity index (χ1v) is 6.71. The molecule has 0 amide bonds. The number of hydrogen-bond acceptors (Lipinski definition) is 4. The molecule has 1 aliphatic rings. The van der Waals surface area contributed by atoms with Gasteiger partial charge in [-0.3, -0.25) is 4.90 Å². The molecule has 1 aliphatic heterocycles.